The Morgan fingerprint density at radius 1 is 0.684 bits per heavy atom. The summed E-state index contributed by atoms with van der Waals surface area (Å²) in [7, 11) is 0. The molecule has 0 bridgehead atoms. The fourth-order valence-electron chi connectivity index (χ4n) is 1.40. The van der Waals surface area contributed by atoms with Crippen molar-refractivity contribution < 1.29 is 22.0 Å². The molecule has 0 aliphatic carbocycles. The van der Waals surface area contributed by atoms with E-state index in [0.717, 1.165) is 5.56 Å². The average molecular weight is 290 g/mol. The molecule has 0 unspecified atom stereocenters. The third kappa shape index (κ3) is 2.58. The van der Waals surface area contributed by atoms with Gasteiger partial charge in [-0.1, -0.05) is 29.5 Å². The largest absolute Gasteiger partial charge is 0.202 e. The van der Waals surface area contributed by atoms with Crippen LogP contribution in [0.4, 0.5) is 22.0 Å². The third-order valence-electron chi connectivity index (χ3n) is 2.41. The summed E-state index contributed by atoms with van der Waals surface area (Å²) < 4.78 is 65.7. The smallest absolute Gasteiger partial charge is 0.200 e. The van der Waals surface area contributed by atoms with E-state index in [1.807, 2.05) is 6.92 Å². The van der Waals surface area contributed by atoms with Crippen molar-refractivity contribution >= 4 is 11.8 Å². The molecule has 0 atom stereocenters. The zero-order chi connectivity index (χ0) is 14.2. The number of halogens is 5. The summed E-state index contributed by atoms with van der Waals surface area (Å²) in [6.07, 6.45) is 0. The first kappa shape index (κ1) is 13.9. The van der Waals surface area contributed by atoms with E-state index in [2.05, 4.69) is 0 Å². The lowest BCUT2D eigenvalue weighted by molar-refractivity contribution is 0.361. The first-order valence-corrected chi connectivity index (χ1v) is 5.99. The van der Waals surface area contributed by atoms with Crippen LogP contribution in [-0.4, -0.2) is 0 Å². The number of hydrogen-bond donors (Lipinski definition) is 0. The van der Waals surface area contributed by atoms with Gasteiger partial charge < -0.3 is 0 Å². The summed E-state index contributed by atoms with van der Waals surface area (Å²) in [6.45, 7) is 1.81. The van der Waals surface area contributed by atoms with Gasteiger partial charge >= 0.3 is 0 Å². The second kappa shape index (κ2) is 5.21. The second-order valence-corrected chi connectivity index (χ2v) is 4.90. The fraction of sp³-hybridized carbons (Fsp3) is 0.0769. The van der Waals surface area contributed by atoms with Crippen molar-refractivity contribution in [1.29, 1.82) is 0 Å². The molecule has 0 radical (unpaired) electrons. The first-order chi connectivity index (χ1) is 8.91. The fourth-order valence-corrected chi connectivity index (χ4v) is 2.26. The van der Waals surface area contributed by atoms with Crippen LogP contribution >= 0.6 is 11.8 Å². The van der Waals surface area contributed by atoms with Gasteiger partial charge in [0.1, 0.15) is 0 Å². The van der Waals surface area contributed by atoms with Crippen molar-refractivity contribution in [2.75, 3.05) is 0 Å². The molecule has 2 aromatic carbocycles. The molecule has 19 heavy (non-hydrogen) atoms. The molecule has 2 aromatic rings. The van der Waals surface area contributed by atoms with Gasteiger partial charge in [-0.2, -0.15) is 0 Å². The average Bonchev–Trinajstić information content (AvgIpc) is 2.41. The Morgan fingerprint density at radius 3 is 1.58 bits per heavy atom. The number of aryl methyl sites for hydroxylation is 1. The topological polar surface area (TPSA) is 0 Å². The van der Waals surface area contributed by atoms with Crippen LogP contribution in [0.15, 0.2) is 34.1 Å². The Morgan fingerprint density at radius 2 is 1.11 bits per heavy atom. The van der Waals surface area contributed by atoms with Crippen molar-refractivity contribution in [2.24, 2.45) is 0 Å². The summed E-state index contributed by atoms with van der Waals surface area (Å²) in [5.74, 6) is -9.66. The van der Waals surface area contributed by atoms with E-state index in [4.69, 9.17) is 0 Å². The maximum absolute atomic E-state index is 13.4. The van der Waals surface area contributed by atoms with E-state index in [0.29, 0.717) is 16.7 Å². The molecule has 6 heteroatoms. The molecule has 0 aromatic heterocycles. The summed E-state index contributed by atoms with van der Waals surface area (Å²) >= 11 is 0.490. The molecule has 0 N–H and O–H groups in total. The minimum absolute atomic E-state index is 0.383. The van der Waals surface area contributed by atoms with Crippen LogP contribution in [0, 0.1) is 36.0 Å². The quantitative estimate of drug-likeness (QED) is 0.433. The van der Waals surface area contributed by atoms with Crippen molar-refractivity contribution in [1.82, 2.24) is 0 Å². The first-order valence-electron chi connectivity index (χ1n) is 5.17. The van der Waals surface area contributed by atoms with Gasteiger partial charge in [0.05, 0.1) is 4.90 Å². The molecule has 0 amide bonds. The third-order valence-corrected chi connectivity index (χ3v) is 3.48. The zero-order valence-corrected chi connectivity index (χ0v) is 10.4. The van der Waals surface area contributed by atoms with Crippen LogP contribution in [-0.2, 0) is 0 Å². The van der Waals surface area contributed by atoms with Gasteiger partial charge in [0.15, 0.2) is 23.3 Å². The highest BCUT2D eigenvalue weighted by Gasteiger charge is 2.26. The summed E-state index contributed by atoms with van der Waals surface area (Å²) in [5.41, 5.74) is 0.918. The highest BCUT2D eigenvalue weighted by Crippen LogP contribution is 2.35. The van der Waals surface area contributed by atoms with E-state index < -0.39 is 34.0 Å². The Kier molecular flexibility index (Phi) is 3.80. The Labute approximate surface area is 110 Å². The van der Waals surface area contributed by atoms with Gasteiger partial charge in [-0.3, -0.25) is 0 Å². The number of rotatable bonds is 2. The summed E-state index contributed by atoms with van der Waals surface area (Å²) in [4.78, 5) is -0.519. The van der Waals surface area contributed by atoms with Gasteiger partial charge in [-0.25, -0.2) is 22.0 Å². The van der Waals surface area contributed by atoms with Crippen molar-refractivity contribution in [3.63, 3.8) is 0 Å². The van der Waals surface area contributed by atoms with E-state index >= 15 is 0 Å². The summed E-state index contributed by atoms with van der Waals surface area (Å²) in [5, 5.41) is 0. The standard InChI is InChI=1S/C13H7F5S/c1-6-2-4-7(5-3-6)19-13-11(17)9(15)8(14)10(16)12(13)18/h2-5H,1H3. The van der Waals surface area contributed by atoms with Crippen molar-refractivity contribution in [2.45, 2.75) is 16.7 Å². The lowest BCUT2D eigenvalue weighted by Gasteiger charge is -2.07. The number of benzene rings is 2. The minimum atomic E-state index is -2.15. The molecule has 0 aliphatic rings. The maximum Gasteiger partial charge on any atom is 0.200 e. The highest BCUT2D eigenvalue weighted by molar-refractivity contribution is 7.99. The maximum atomic E-state index is 13.4. The predicted octanol–water partition coefficient (Wildman–Crippen LogP) is 4.84. The van der Waals surface area contributed by atoms with Crippen molar-refractivity contribution in [3.05, 3.63) is 58.9 Å². The highest BCUT2D eigenvalue weighted by atomic mass is 32.2. The normalized spacial score (nSPS) is 10.8. The van der Waals surface area contributed by atoms with Gasteiger partial charge in [-0.05, 0) is 19.1 Å². The second-order valence-electron chi connectivity index (χ2n) is 3.81. The van der Waals surface area contributed by atoms with Gasteiger partial charge in [0.2, 0.25) is 5.82 Å². The molecule has 100 valence electrons. The van der Waals surface area contributed by atoms with E-state index in [9.17, 15) is 22.0 Å². The Bertz CT molecular complexity index is 593. The molecule has 0 fully saturated rings. The monoisotopic (exact) mass is 290 g/mol. The minimum Gasteiger partial charge on any atom is -0.202 e. The van der Waals surface area contributed by atoms with E-state index in [1.165, 1.54) is 12.1 Å². The van der Waals surface area contributed by atoms with Crippen LogP contribution in [0.25, 0.3) is 0 Å². The zero-order valence-electron chi connectivity index (χ0n) is 9.61. The van der Waals surface area contributed by atoms with Crippen LogP contribution < -0.4 is 0 Å². The molecule has 2 rings (SSSR count). The molecule has 0 saturated heterocycles. The van der Waals surface area contributed by atoms with Crippen LogP contribution in [0.1, 0.15) is 5.56 Å². The molecule has 0 saturated carbocycles. The molecule has 0 aliphatic heterocycles. The van der Waals surface area contributed by atoms with E-state index in [1.54, 1.807) is 12.1 Å². The molecular formula is C13H7F5S. The van der Waals surface area contributed by atoms with Gasteiger partial charge in [-0.15, -0.1) is 0 Å². The predicted molar refractivity (Wildman–Crippen MR) is 61.5 cm³/mol. The molecule has 0 nitrogen and oxygen atoms in total. The van der Waals surface area contributed by atoms with Crippen LogP contribution in [0.2, 0.25) is 0 Å². The van der Waals surface area contributed by atoms with Crippen LogP contribution in [0.3, 0.4) is 0 Å². The van der Waals surface area contributed by atoms with Gasteiger partial charge in [0.25, 0.3) is 0 Å². The Balaban J connectivity index is 2.48. The Hall–Kier alpha value is -1.56. The van der Waals surface area contributed by atoms with Crippen LogP contribution in [0.5, 0.6) is 0 Å². The van der Waals surface area contributed by atoms with E-state index in [-0.39, 0.29) is 0 Å². The van der Waals surface area contributed by atoms with Crippen molar-refractivity contribution in [3.8, 4) is 0 Å². The lowest BCUT2D eigenvalue weighted by atomic mass is 10.2. The summed E-state index contributed by atoms with van der Waals surface area (Å²) in [6, 6.07) is 6.43. The molecule has 0 heterocycles. The molecular weight excluding hydrogens is 283 g/mol. The SMILES string of the molecule is Cc1ccc(Sc2c(F)c(F)c(F)c(F)c2F)cc1. The molecule has 0 spiro atoms. The number of hydrogen-bond acceptors (Lipinski definition) is 1. The lowest BCUT2D eigenvalue weighted by Crippen LogP contribution is -2.03. The van der Waals surface area contributed by atoms with Gasteiger partial charge in [0, 0.05) is 4.90 Å².